The molecule has 0 saturated carbocycles. The van der Waals surface area contributed by atoms with Gasteiger partial charge in [-0.2, -0.15) is 0 Å². The van der Waals surface area contributed by atoms with Crippen molar-refractivity contribution in [3.05, 3.63) is 29.3 Å². The largest absolute Gasteiger partial charge is 0.483 e. The highest BCUT2D eigenvalue weighted by Crippen LogP contribution is 2.22. The molecule has 1 aromatic carbocycles. The molecule has 6 nitrogen and oxygen atoms in total. The van der Waals surface area contributed by atoms with Gasteiger partial charge in [0, 0.05) is 6.54 Å². The van der Waals surface area contributed by atoms with Crippen molar-refractivity contribution in [3.8, 4) is 5.75 Å². The van der Waals surface area contributed by atoms with Crippen LogP contribution in [0.25, 0.3) is 0 Å². The number of carboxylic acid groups (broad SMARTS) is 1. The highest BCUT2D eigenvalue weighted by molar-refractivity contribution is 5.84. The summed E-state index contributed by atoms with van der Waals surface area (Å²) in [6.07, 6.45) is 0. The summed E-state index contributed by atoms with van der Waals surface area (Å²) < 4.78 is 10.7. The molecule has 0 bridgehead atoms. The molecule has 1 aliphatic rings. The molecule has 1 heterocycles. The summed E-state index contributed by atoms with van der Waals surface area (Å²) in [6, 6.07) is 4.79. The maximum atomic E-state index is 12.2. The maximum absolute atomic E-state index is 12.2. The summed E-state index contributed by atoms with van der Waals surface area (Å²) in [5, 5.41) is 9.12. The van der Waals surface area contributed by atoms with Gasteiger partial charge in [0.2, 0.25) is 0 Å². The first-order valence-electron chi connectivity index (χ1n) is 6.79. The number of benzene rings is 1. The van der Waals surface area contributed by atoms with E-state index in [1.807, 2.05) is 32.0 Å². The number of aliphatic carboxylic acids is 1. The number of hydrogen-bond acceptors (Lipinski definition) is 4. The third-order valence-corrected chi connectivity index (χ3v) is 3.48. The van der Waals surface area contributed by atoms with Crippen molar-refractivity contribution in [3.63, 3.8) is 0 Å². The van der Waals surface area contributed by atoms with E-state index in [2.05, 4.69) is 0 Å². The fraction of sp³-hybridized carbons (Fsp3) is 0.467. The highest BCUT2D eigenvalue weighted by Gasteiger charge is 2.32. The molecule has 2 rings (SSSR count). The molecule has 0 radical (unpaired) electrons. The Kier molecular flexibility index (Phi) is 4.80. The minimum Gasteiger partial charge on any atom is -0.483 e. The van der Waals surface area contributed by atoms with Crippen LogP contribution in [0, 0.1) is 13.8 Å². The molecule has 0 aliphatic carbocycles. The van der Waals surface area contributed by atoms with Crippen LogP contribution in [-0.2, 0) is 14.3 Å². The third-order valence-electron chi connectivity index (χ3n) is 3.48. The second kappa shape index (κ2) is 6.58. The lowest BCUT2D eigenvalue weighted by Gasteiger charge is -2.32. The number of carbonyl (C=O) groups is 2. The standard InChI is InChI=1S/C15H19NO5/c1-10-4-3-5-11(2)14(10)21-9-13(17)16-6-7-20-8-12(16)15(18)19/h3-5,12H,6-9H2,1-2H3,(H,18,19). The molecule has 21 heavy (non-hydrogen) atoms. The van der Waals surface area contributed by atoms with E-state index in [0.717, 1.165) is 11.1 Å². The van der Waals surface area contributed by atoms with Gasteiger partial charge in [-0.15, -0.1) is 0 Å². The molecule has 6 heteroatoms. The van der Waals surface area contributed by atoms with Gasteiger partial charge in [0.25, 0.3) is 5.91 Å². The van der Waals surface area contributed by atoms with E-state index in [0.29, 0.717) is 12.4 Å². The summed E-state index contributed by atoms with van der Waals surface area (Å²) in [5.74, 6) is -0.727. The number of nitrogens with zero attached hydrogens (tertiary/aromatic N) is 1. The number of rotatable bonds is 4. The first kappa shape index (κ1) is 15.3. The molecule has 1 unspecified atom stereocenters. The van der Waals surface area contributed by atoms with Crippen LogP contribution in [0.5, 0.6) is 5.75 Å². The van der Waals surface area contributed by atoms with Gasteiger partial charge in [-0.05, 0) is 25.0 Å². The summed E-state index contributed by atoms with van der Waals surface area (Å²) in [4.78, 5) is 24.6. The van der Waals surface area contributed by atoms with Gasteiger partial charge in [-0.3, -0.25) is 4.79 Å². The molecule has 114 valence electrons. The van der Waals surface area contributed by atoms with E-state index in [-0.39, 0.29) is 25.7 Å². The zero-order chi connectivity index (χ0) is 15.4. The van der Waals surface area contributed by atoms with E-state index in [1.54, 1.807) is 0 Å². The van der Waals surface area contributed by atoms with Crippen LogP contribution >= 0.6 is 0 Å². The Morgan fingerprint density at radius 3 is 2.67 bits per heavy atom. The Morgan fingerprint density at radius 2 is 2.05 bits per heavy atom. The average Bonchev–Trinajstić information content (AvgIpc) is 2.46. The first-order valence-corrected chi connectivity index (χ1v) is 6.79. The van der Waals surface area contributed by atoms with Crippen LogP contribution in [0.3, 0.4) is 0 Å². The Bertz CT molecular complexity index is 523. The monoisotopic (exact) mass is 293 g/mol. The Morgan fingerprint density at radius 1 is 1.38 bits per heavy atom. The summed E-state index contributed by atoms with van der Waals surface area (Å²) in [7, 11) is 0. The molecule has 0 spiro atoms. The third kappa shape index (κ3) is 3.52. The van der Waals surface area contributed by atoms with E-state index >= 15 is 0 Å². The van der Waals surface area contributed by atoms with Crippen LogP contribution in [-0.4, -0.2) is 54.3 Å². The molecular weight excluding hydrogens is 274 g/mol. The van der Waals surface area contributed by atoms with Gasteiger partial charge in [0.1, 0.15) is 5.75 Å². The molecule has 1 amide bonds. The molecule has 1 aliphatic heterocycles. The van der Waals surface area contributed by atoms with E-state index < -0.39 is 12.0 Å². The van der Waals surface area contributed by atoms with Gasteiger partial charge in [0.05, 0.1) is 13.2 Å². The SMILES string of the molecule is Cc1cccc(C)c1OCC(=O)N1CCOCC1C(=O)O. The number of morpholine rings is 1. The fourth-order valence-corrected chi connectivity index (χ4v) is 2.35. The molecule has 0 aromatic heterocycles. The fourth-order valence-electron chi connectivity index (χ4n) is 2.35. The van der Waals surface area contributed by atoms with Crippen molar-refractivity contribution in [2.24, 2.45) is 0 Å². The predicted octanol–water partition coefficient (Wildman–Crippen LogP) is 0.994. The highest BCUT2D eigenvalue weighted by atomic mass is 16.5. The number of hydrogen-bond donors (Lipinski definition) is 1. The molecule has 1 N–H and O–H groups in total. The Balaban J connectivity index is 2.02. The van der Waals surface area contributed by atoms with E-state index in [4.69, 9.17) is 14.6 Å². The van der Waals surface area contributed by atoms with E-state index in [9.17, 15) is 9.59 Å². The Labute approximate surface area is 123 Å². The average molecular weight is 293 g/mol. The second-order valence-electron chi connectivity index (χ2n) is 5.03. The van der Waals surface area contributed by atoms with Gasteiger partial charge in [-0.1, -0.05) is 18.2 Å². The minimum absolute atomic E-state index is 0.0183. The number of amides is 1. The van der Waals surface area contributed by atoms with Crippen molar-refractivity contribution in [2.75, 3.05) is 26.4 Å². The van der Waals surface area contributed by atoms with Crippen molar-refractivity contribution >= 4 is 11.9 Å². The van der Waals surface area contributed by atoms with Crippen molar-refractivity contribution < 1.29 is 24.2 Å². The van der Waals surface area contributed by atoms with Gasteiger partial charge in [0.15, 0.2) is 12.6 Å². The first-order chi connectivity index (χ1) is 10.0. The lowest BCUT2D eigenvalue weighted by atomic mass is 10.1. The van der Waals surface area contributed by atoms with Crippen molar-refractivity contribution in [2.45, 2.75) is 19.9 Å². The van der Waals surface area contributed by atoms with Crippen LogP contribution < -0.4 is 4.74 Å². The Hall–Kier alpha value is -2.08. The maximum Gasteiger partial charge on any atom is 0.328 e. The molecular formula is C15H19NO5. The quantitative estimate of drug-likeness (QED) is 0.896. The predicted molar refractivity (Wildman–Crippen MR) is 75.4 cm³/mol. The number of para-hydroxylation sites is 1. The van der Waals surface area contributed by atoms with Crippen LogP contribution in [0.4, 0.5) is 0 Å². The summed E-state index contributed by atoms with van der Waals surface area (Å²) in [5.41, 5.74) is 1.89. The number of ether oxygens (including phenoxy) is 2. The molecule has 1 saturated heterocycles. The molecule has 1 fully saturated rings. The lowest BCUT2D eigenvalue weighted by Crippen LogP contribution is -2.53. The molecule has 1 aromatic rings. The summed E-state index contributed by atoms with van der Waals surface area (Å²) in [6.45, 7) is 4.27. The zero-order valence-electron chi connectivity index (χ0n) is 12.2. The number of carbonyl (C=O) groups excluding carboxylic acids is 1. The molecule has 1 atom stereocenters. The van der Waals surface area contributed by atoms with Crippen LogP contribution in [0.1, 0.15) is 11.1 Å². The van der Waals surface area contributed by atoms with Gasteiger partial charge >= 0.3 is 5.97 Å². The van der Waals surface area contributed by atoms with Crippen LogP contribution in [0.15, 0.2) is 18.2 Å². The topological polar surface area (TPSA) is 76.1 Å². The second-order valence-corrected chi connectivity index (χ2v) is 5.03. The van der Waals surface area contributed by atoms with Gasteiger partial charge in [-0.25, -0.2) is 4.79 Å². The van der Waals surface area contributed by atoms with Crippen molar-refractivity contribution in [1.82, 2.24) is 4.90 Å². The number of aryl methyl sites for hydroxylation is 2. The minimum atomic E-state index is -1.06. The van der Waals surface area contributed by atoms with E-state index in [1.165, 1.54) is 4.90 Å². The van der Waals surface area contributed by atoms with Crippen molar-refractivity contribution in [1.29, 1.82) is 0 Å². The van der Waals surface area contributed by atoms with Crippen LogP contribution in [0.2, 0.25) is 0 Å². The summed E-state index contributed by atoms with van der Waals surface area (Å²) >= 11 is 0. The van der Waals surface area contributed by atoms with Gasteiger partial charge < -0.3 is 19.5 Å². The normalized spacial score (nSPS) is 18.4. The zero-order valence-corrected chi connectivity index (χ0v) is 12.2. The number of carboxylic acids is 1. The smallest absolute Gasteiger partial charge is 0.328 e. The lowest BCUT2D eigenvalue weighted by molar-refractivity contribution is -0.159.